The van der Waals surface area contributed by atoms with Gasteiger partial charge < -0.3 is 24.8 Å². The lowest BCUT2D eigenvalue weighted by Gasteiger charge is -2.33. The molecule has 1 aliphatic carbocycles. The Morgan fingerprint density at radius 3 is 2.53 bits per heavy atom. The molecule has 2 amide bonds. The molecule has 0 saturated heterocycles. The Hall–Kier alpha value is -3.22. The van der Waals surface area contributed by atoms with Gasteiger partial charge in [0.15, 0.2) is 11.5 Å². The van der Waals surface area contributed by atoms with E-state index >= 15 is 0 Å². The molecule has 182 valence electrons. The molecular weight excluding hydrogens is 432 g/mol. The third kappa shape index (κ3) is 5.82. The number of hydrogen-bond acceptors (Lipinski definition) is 5. The van der Waals surface area contributed by atoms with Gasteiger partial charge in [-0.05, 0) is 54.7 Å². The molecule has 2 aromatic rings. The van der Waals surface area contributed by atoms with Gasteiger partial charge >= 0.3 is 0 Å². The number of carbonyl (C=O) groups is 2. The van der Waals surface area contributed by atoms with E-state index in [1.807, 2.05) is 25.1 Å². The van der Waals surface area contributed by atoms with Gasteiger partial charge in [0, 0.05) is 19.0 Å². The largest absolute Gasteiger partial charge is 0.508 e. The zero-order valence-electron chi connectivity index (χ0n) is 19.8. The highest BCUT2D eigenvalue weighted by molar-refractivity contribution is 5.89. The second kappa shape index (κ2) is 11.3. The predicted molar refractivity (Wildman–Crippen MR) is 129 cm³/mol. The molecular formula is C27H34N2O5. The summed E-state index contributed by atoms with van der Waals surface area (Å²) in [5, 5.41) is 13.0. The second-order valence-corrected chi connectivity index (χ2v) is 9.15. The summed E-state index contributed by atoms with van der Waals surface area (Å²) in [7, 11) is 0. The summed E-state index contributed by atoms with van der Waals surface area (Å²) >= 11 is 0. The maximum absolute atomic E-state index is 13.7. The van der Waals surface area contributed by atoms with Crippen LogP contribution in [-0.4, -0.2) is 34.7 Å². The highest BCUT2D eigenvalue weighted by Gasteiger charge is 2.33. The molecule has 4 rings (SSSR count). The van der Waals surface area contributed by atoms with Crippen molar-refractivity contribution in [2.24, 2.45) is 0 Å². The van der Waals surface area contributed by atoms with E-state index in [-0.39, 0.29) is 36.9 Å². The van der Waals surface area contributed by atoms with Crippen LogP contribution in [0.2, 0.25) is 0 Å². The van der Waals surface area contributed by atoms with E-state index in [1.54, 1.807) is 29.2 Å². The van der Waals surface area contributed by atoms with Crippen molar-refractivity contribution in [3.63, 3.8) is 0 Å². The number of ether oxygens (including phenoxy) is 2. The number of phenols is 1. The molecule has 7 nitrogen and oxygen atoms in total. The third-order valence-corrected chi connectivity index (χ3v) is 6.57. The zero-order chi connectivity index (χ0) is 23.9. The summed E-state index contributed by atoms with van der Waals surface area (Å²) in [6.45, 7) is 2.49. The minimum absolute atomic E-state index is 0.0728. The molecule has 0 bridgehead atoms. The van der Waals surface area contributed by atoms with Gasteiger partial charge in [-0.2, -0.15) is 0 Å². The molecule has 2 aliphatic rings. The molecule has 2 N–H and O–H groups in total. The topological polar surface area (TPSA) is 88.1 Å². The zero-order valence-corrected chi connectivity index (χ0v) is 19.8. The number of hydrogen-bond donors (Lipinski definition) is 2. The van der Waals surface area contributed by atoms with Crippen LogP contribution in [0.15, 0.2) is 42.5 Å². The number of aromatic hydroxyl groups is 1. The van der Waals surface area contributed by atoms with Crippen LogP contribution >= 0.6 is 0 Å². The van der Waals surface area contributed by atoms with Crippen molar-refractivity contribution >= 4 is 11.8 Å². The Kier molecular flexibility index (Phi) is 7.93. The van der Waals surface area contributed by atoms with Gasteiger partial charge in [0.25, 0.3) is 0 Å². The van der Waals surface area contributed by atoms with Crippen LogP contribution in [0, 0.1) is 0 Å². The maximum atomic E-state index is 13.7. The molecule has 0 aromatic heterocycles. The summed E-state index contributed by atoms with van der Waals surface area (Å²) in [5.74, 6) is 1.19. The fourth-order valence-corrected chi connectivity index (χ4v) is 4.69. The fraction of sp³-hybridized carbons (Fsp3) is 0.481. The number of amides is 2. The standard InChI is InChI=1S/C27H34N2O5/c1-2-3-9-25(31)29(17-19-10-15-23-24(16-19)34-18-33-23)26(20-11-13-22(30)14-12-20)27(32)28-21-7-5-4-6-8-21/h10-16,21,26,30H,2-9,17-18H2,1H3,(H,28,32). The average Bonchev–Trinajstić information content (AvgIpc) is 3.32. The molecule has 1 fully saturated rings. The molecule has 2 aromatic carbocycles. The van der Waals surface area contributed by atoms with Gasteiger partial charge in [0.2, 0.25) is 18.6 Å². The lowest BCUT2D eigenvalue weighted by atomic mass is 9.94. The van der Waals surface area contributed by atoms with E-state index in [0.717, 1.165) is 44.1 Å². The molecule has 1 atom stereocenters. The Balaban J connectivity index is 1.66. The number of phenolic OH excluding ortho intramolecular Hbond substituents is 1. The van der Waals surface area contributed by atoms with Crippen LogP contribution in [0.25, 0.3) is 0 Å². The van der Waals surface area contributed by atoms with Gasteiger partial charge in [-0.15, -0.1) is 0 Å². The SMILES string of the molecule is CCCCC(=O)N(Cc1ccc2c(c1)OCO2)C(C(=O)NC1CCCCC1)c1ccc(O)cc1. The highest BCUT2D eigenvalue weighted by Crippen LogP contribution is 2.34. The van der Waals surface area contributed by atoms with Crippen LogP contribution in [0.3, 0.4) is 0 Å². The summed E-state index contributed by atoms with van der Waals surface area (Å²) < 4.78 is 10.9. The normalized spacial score (nSPS) is 16.1. The van der Waals surface area contributed by atoms with E-state index in [1.165, 1.54) is 6.42 Å². The van der Waals surface area contributed by atoms with Gasteiger partial charge in [-0.3, -0.25) is 9.59 Å². The Bertz CT molecular complexity index is 985. The van der Waals surface area contributed by atoms with Crippen LogP contribution in [0.4, 0.5) is 0 Å². The number of nitrogens with zero attached hydrogens (tertiary/aromatic N) is 1. The van der Waals surface area contributed by atoms with E-state index in [0.29, 0.717) is 23.5 Å². The third-order valence-electron chi connectivity index (χ3n) is 6.57. The van der Waals surface area contributed by atoms with Gasteiger partial charge in [0.05, 0.1) is 0 Å². The smallest absolute Gasteiger partial charge is 0.247 e. The van der Waals surface area contributed by atoms with Gasteiger partial charge in [-0.1, -0.05) is 50.8 Å². The number of nitrogens with one attached hydrogen (secondary N) is 1. The van der Waals surface area contributed by atoms with E-state index in [9.17, 15) is 14.7 Å². The lowest BCUT2D eigenvalue weighted by molar-refractivity contribution is -0.142. The minimum atomic E-state index is -0.794. The number of benzene rings is 2. The van der Waals surface area contributed by atoms with Crippen molar-refractivity contribution in [1.29, 1.82) is 0 Å². The molecule has 1 aliphatic heterocycles. The van der Waals surface area contributed by atoms with Crippen LogP contribution in [0.1, 0.15) is 75.5 Å². The first-order chi connectivity index (χ1) is 16.5. The first kappa shape index (κ1) is 23.9. The fourth-order valence-electron chi connectivity index (χ4n) is 4.69. The van der Waals surface area contributed by atoms with Crippen molar-refractivity contribution in [3.05, 3.63) is 53.6 Å². The number of unbranched alkanes of at least 4 members (excludes halogenated alkanes) is 1. The summed E-state index contributed by atoms with van der Waals surface area (Å²) in [5.41, 5.74) is 1.54. The van der Waals surface area contributed by atoms with Crippen LogP contribution in [0.5, 0.6) is 17.2 Å². The molecule has 1 heterocycles. The monoisotopic (exact) mass is 466 g/mol. The van der Waals surface area contributed by atoms with Crippen molar-refractivity contribution in [3.8, 4) is 17.2 Å². The van der Waals surface area contributed by atoms with Crippen molar-refractivity contribution in [2.75, 3.05) is 6.79 Å². The van der Waals surface area contributed by atoms with E-state index < -0.39 is 6.04 Å². The van der Waals surface area contributed by atoms with Crippen LogP contribution < -0.4 is 14.8 Å². The van der Waals surface area contributed by atoms with Crippen molar-refractivity contribution in [2.45, 2.75) is 76.9 Å². The Morgan fingerprint density at radius 1 is 1.06 bits per heavy atom. The minimum Gasteiger partial charge on any atom is -0.508 e. The van der Waals surface area contributed by atoms with Crippen molar-refractivity contribution < 1.29 is 24.2 Å². The highest BCUT2D eigenvalue weighted by atomic mass is 16.7. The van der Waals surface area contributed by atoms with Gasteiger partial charge in [-0.25, -0.2) is 0 Å². The summed E-state index contributed by atoms with van der Waals surface area (Å²) in [6, 6.07) is 11.5. The lowest BCUT2D eigenvalue weighted by Crippen LogP contribution is -2.46. The molecule has 7 heteroatoms. The number of fused-ring (bicyclic) bond motifs is 1. The predicted octanol–water partition coefficient (Wildman–Crippen LogP) is 4.83. The van der Waals surface area contributed by atoms with Gasteiger partial charge in [0.1, 0.15) is 11.8 Å². The molecule has 34 heavy (non-hydrogen) atoms. The first-order valence-corrected chi connectivity index (χ1v) is 12.3. The average molecular weight is 467 g/mol. The quantitative estimate of drug-likeness (QED) is 0.553. The second-order valence-electron chi connectivity index (χ2n) is 9.15. The number of carbonyl (C=O) groups excluding carboxylic acids is 2. The maximum Gasteiger partial charge on any atom is 0.247 e. The number of rotatable bonds is 9. The van der Waals surface area contributed by atoms with E-state index in [4.69, 9.17) is 9.47 Å². The van der Waals surface area contributed by atoms with Crippen LogP contribution in [-0.2, 0) is 16.1 Å². The summed E-state index contributed by atoms with van der Waals surface area (Å²) in [4.78, 5) is 28.8. The first-order valence-electron chi connectivity index (χ1n) is 12.3. The molecule has 1 unspecified atom stereocenters. The van der Waals surface area contributed by atoms with Crippen molar-refractivity contribution in [1.82, 2.24) is 10.2 Å². The molecule has 0 spiro atoms. The Labute approximate surface area is 201 Å². The molecule has 1 saturated carbocycles. The van der Waals surface area contributed by atoms with E-state index in [2.05, 4.69) is 5.32 Å². The summed E-state index contributed by atoms with van der Waals surface area (Å²) in [6.07, 6.45) is 7.33. The Morgan fingerprint density at radius 2 is 1.79 bits per heavy atom. The molecule has 0 radical (unpaired) electrons.